The number of benzene rings is 1. The number of aryl methyl sites for hydroxylation is 1. The first-order chi connectivity index (χ1) is 8.74. The van der Waals surface area contributed by atoms with Crippen LogP contribution in [-0.2, 0) is 6.42 Å². The molecule has 1 aromatic carbocycles. The van der Waals surface area contributed by atoms with Gasteiger partial charge in [0.1, 0.15) is 0 Å². The Balaban J connectivity index is 1.95. The Hall–Kier alpha value is -1.06. The van der Waals surface area contributed by atoms with Gasteiger partial charge < -0.3 is 10.0 Å². The Morgan fingerprint density at radius 2 is 2.06 bits per heavy atom. The molecule has 1 aromatic rings. The number of aliphatic hydroxyl groups is 1. The minimum absolute atomic E-state index is 0.248. The highest BCUT2D eigenvalue weighted by molar-refractivity contribution is 5.48. The number of nitrogens with zero attached hydrogens (tertiary/aromatic N) is 2. The molecule has 1 N–H and O–H groups in total. The van der Waals surface area contributed by atoms with E-state index in [9.17, 15) is 0 Å². The maximum Gasteiger partial charge on any atom is 0.0558 e. The number of rotatable bonds is 5. The van der Waals surface area contributed by atoms with E-state index in [0.717, 1.165) is 26.1 Å². The lowest BCUT2D eigenvalue weighted by Gasteiger charge is -2.24. The van der Waals surface area contributed by atoms with Gasteiger partial charge in [-0.1, -0.05) is 19.1 Å². The summed E-state index contributed by atoms with van der Waals surface area (Å²) in [6, 6.07) is 9.48. The van der Waals surface area contributed by atoms with E-state index in [1.54, 1.807) is 0 Å². The molecule has 0 amide bonds. The smallest absolute Gasteiger partial charge is 0.0558 e. The highest BCUT2D eigenvalue weighted by Crippen LogP contribution is 2.22. The normalized spacial score (nSPS) is 19.8. The largest absolute Gasteiger partial charge is 0.395 e. The minimum atomic E-state index is 0.248. The lowest BCUT2D eigenvalue weighted by Crippen LogP contribution is -2.36. The molecule has 1 aliphatic rings. The van der Waals surface area contributed by atoms with Crippen LogP contribution in [0.4, 0.5) is 5.69 Å². The Bertz CT molecular complexity index is 363. The standard InChI is InChI=1S/C15H24N2O/c1-3-13-4-6-14(7-5-13)17-9-8-15(12-17)16(2)10-11-18/h4-7,15,18H,3,8-12H2,1-2H3. The zero-order valence-corrected chi connectivity index (χ0v) is 11.5. The Kier molecular flexibility index (Phi) is 4.61. The molecular weight excluding hydrogens is 224 g/mol. The molecule has 18 heavy (non-hydrogen) atoms. The molecule has 0 saturated carbocycles. The van der Waals surface area contributed by atoms with Crippen LogP contribution in [-0.4, -0.2) is 49.3 Å². The molecule has 0 bridgehead atoms. The van der Waals surface area contributed by atoms with Gasteiger partial charge in [-0.05, 0) is 37.6 Å². The molecule has 100 valence electrons. The van der Waals surface area contributed by atoms with Gasteiger partial charge in [-0.25, -0.2) is 0 Å². The van der Waals surface area contributed by atoms with E-state index in [1.807, 2.05) is 0 Å². The third-order valence-corrected chi connectivity index (χ3v) is 3.95. The van der Waals surface area contributed by atoms with Crippen molar-refractivity contribution in [1.82, 2.24) is 4.90 Å². The average Bonchev–Trinajstić information content (AvgIpc) is 2.89. The summed E-state index contributed by atoms with van der Waals surface area (Å²) in [6.45, 7) is 5.39. The van der Waals surface area contributed by atoms with Crippen LogP contribution in [0, 0.1) is 0 Å². The maximum atomic E-state index is 8.98. The van der Waals surface area contributed by atoms with Crippen LogP contribution >= 0.6 is 0 Å². The van der Waals surface area contributed by atoms with Gasteiger partial charge in [-0.2, -0.15) is 0 Å². The third-order valence-electron chi connectivity index (χ3n) is 3.95. The fraction of sp³-hybridized carbons (Fsp3) is 0.600. The van der Waals surface area contributed by atoms with Crippen LogP contribution in [0.1, 0.15) is 18.9 Å². The predicted molar refractivity (Wildman–Crippen MR) is 76.2 cm³/mol. The molecule has 3 nitrogen and oxygen atoms in total. The minimum Gasteiger partial charge on any atom is -0.395 e. The summed E-state index contributed by atoms with van der Waals surface area (Å²) in [7, 11) is 2.10. The second kappa shape index (κ2) is 6.21. The monoisotopic (exact) mass is 248 g/mol. The summed E-state index contributed by atoms with van der Waals surface area (Å²) in [5.41, 5.74) is 2.72. The molecule has 0 aliphatic carbocycles. The third kappa shape index (κ3) is 3.03. The van der Waals surface area contributed by atoms with Gasteiger partial charge in [0.2, 0.25) is 0 Å². The number of likely N-dealkylation sites (N-methyl/N-ethyl adjacent to an activating group) is 1. The molecule has 1 unspecified atom stereocenters. The summed E-state index contributed by atoms with van der Waals surface area (Å²) >= 11 is 0. The molecule has 0 radical (unpaired) electrons. The van der Waals surface area contributed by atoms with Crippen molar-refractivity contribution in [3.05, 3.63) is 29.8 Å². The van der Waals surface area contributed by atoms with Gasteiger partial charge in [-0.15, -0.1) is 0 Å². The highest BCUT2D eigenvalue weighted by Gasteiger charge is 2.25. The molecule has 1 saturated heterocycles. The van der Waals surface area contributed by atoms with Crippen molar-refractivity contribution in [3.8, 4) is 0 Å². The second-order valence-electron chi connectivity index (χ2n) is 5.11. The van der Waals surface area contributed by atoms with Crippen molar-refractivity contribution in [1.29, 1.82) is 0 Å². The Morgan fingerprint density at radius 1 is 1.33 bits per heavy atom. The van der Waals surface area contributed by atoms with Gasteiger partial charge in [0, 0.05) is 31.4 Å². The van der Waals surface area contributed by atoms with Gasteiger partial charge in [0.15, 0.2) is 0 Å². The second-order valence-corrected chi connectivity index (χ2v) is 5.11. The molecule has 1 heterocycles. The molecule has 1 atom stereocenters. The molecule has 1 fully saturated rings. The zero-order valence-electron chi connectivity index (χ0n) is 11.5. The molecular formula is C15H24N2O. The first-order valence-corrected chi connectivity index (χ1v) is 6.89. The van der Waals surface area contributed by atoms with Gasteiger partial charge in [0.05, 0.1) is 6.61 Å². The van der Waals surface area contributed by atoms with E-state index in [4.69, 9.17) is 5.11 Å². The van der Waals surface area contributed by atoms with Crippen molar-refractivity contribution in [2.24, 2.45) is 0 Å². The Labute approximate surface area is 110 Å². The lowest BCUT2D eigenvalue weighted by atomic mass is 10.1. The van der Waals surface area contributed by atoms with E-state index in [1.165, 1.54) is 17.7 Å². The lowest BCUT2D eigenvalue weighted by molar-refractivity contribution is 0.188. The summed E-state index contributed by atoms with van der Waals surface area (Å²) < 4.78 is 0. The fourth-order valence-corrected chi connectivity index (χ4v) is 2.62. The topological polar surface area (TPSA) is 26.7 Å². The van der Waals surface area contributed by atoms with Crippen molar-refractivity contribution >= 4 is 5.69 Å². The molecule has 3 heteroatoms. The number of anilines is 1. The van der Waals surface area contributed by atoms with Gasteiger partial charge in [0.25, 0.3) is 0 Å². The summed E-state index contributed by atoms with van der Waals surface area (Å²) in [6.07, 6.45) is 2.29. The van der Waals surface area contributed by atoms with Crippen LogP contribution in [0.5, 0.6) is 0 Å². The van der Waals surface area contributed by atoms with Crippen molar-refractivity contribution in [2.75, 3.05) is 38.2 Å². The zero-order chi connectivity index (χ0) is 13.0. The predicted octanol–water partition coefficient (Wildman–Crippen LogP) is 1.75. The van der Waals surface area contributed by atoms with E-state index >= 15 is 0 Å². The van der Waals surface area contributed by atoms with E-state index in [0.29, 0.717) is 6.04 Å². The molecule has 0 spiro atoms. The maximum absolute atomic E-state index is 8.98. The summed E-state index contributed by atoms with van der Waals surface area (Å²) in [5.74, 6) is 0. The van der Waals surface area contributed by atoms with Crippen LogP contribution in [0.2, 0.25) is 0 Å². The SMILES string of the molecule is CCc1ccc(N2CCC(N(C)CCO)C2)cc1. The van der Waals surface area contributed by atoms with Crippen molar-refractivity contribution in [3.63, 3.8) is 0 Å². The van der Waals surface area contributed by atoms with E-state index in [2.05, 4.69) is 48.0 Å². The average molecular weight is 248 g/mol. The van der Waals surface area contributed by atoms with Crippen LogP contribution in [0.15, 0.2) is 24.3 Å². The molecule has 0 aromatic heterocycles. The van der Waals surface area contributed by atoms with Crippen LogP contribution < -0.4 is 4.90 Å². The molecule has 2 rings (SSSR count). The molecule has 1 aliphatic heterocycles. The number of hydrogen-bond acceptors (Lipinski definition) is 3. The first kappa shape index (κ1) is 13.4. The fourth-order valence-electron chi connectivity index (χ4n) is 2.62. The number of hydrogen-bond donors (Lipinski definition) is 1. The van der Waals surface area contributed by atoms with E-state index in [-0.39, 0.29) is 6.61 Å². The van der Waals surface area contributed by atoms with Crippen molar-refractivity contribution in [2.45, 2.75) is 25.8 Å². The van der Waals surface area contributed by atoms with Gasteiger partial charge >= 0.3 is 0 Å². The first-order valence-electron chi connectivity index (χ1n) is 6.89. The van der Waals surface area contributed by atoms with Crippen molar-refractivity contribution < 1.29 is 5.11 Å². The van der Waals surface area contributed by atoms with Crippen LogP contribution in [0.3, 0.4) is 0 Å². The number of aliphatic hydroxyl groups excluding tert-OH is 1. The van der Waals surface area contributed by atoms with E-state index < -0.39 is 0 Å². The summed E-state index contributed by atoms with van der Waals surface area (Å²) in [4.78, 5) is 4.71. The Morgan fingerprint density at radius 3 is 2.67 bits per heavy atom. The highest BCUT2D eigenvalue weighted by atomic mass is 16.3. The van der Waals surface area contributed by atoms with Crippen LogP contribution in [0.25, 0.3) is 0 Å². The quantitative estimate of drug-likeness (QED) is 0.860. The van der Waals surface area contributed by atoms with Gasteiger partial charge in [-0.3, -0.25) is 4.90 Å². The summed E-state index contributed by atoms with van der Waals surface area (Å²) in [5, 5.41) is 8.98.